The maximum atomic E-state index is 12.5. The molecule has 6 heteroatoms. The molecule has 63 heavy (non-hydrogen) atoms. The molecule has 0 spiro atoms. The number of ether oxygens (including phenoxy) is 1. The van der Waals surface area contributed by atoms with Gasteiger partial charge in [0.1, 0.15) is 0 Å². The summed E-state index contributed by atoms with van der Waals surface area (Å²) >= 11 is 0. The van der Waals surface area contributed by atoms with Gasteiger partial charge in [0.15, 0.2) is 0 Å². The van der Waals surface area contributed by atoms with Crippen molar-refractivity contribution in [1.29, 1.82) is 0 Å². The van der Waals surface area contributed by atoms with Crippen molar-refractivity contribution < 1.29 is 24.5 Å². The molecule has 0 fully saturated rings. The molecule has 0 aromatic rings. The van der Waals surface area contributed by atoms with Crippen LogP contribution in [-0.2, 0) is 14.3 Å². The minimum atomic E-state index is -0.678. The van der Waals surface area contributed by atoms with Gasteiger partial charge < -0.3 is 20.3 Å². The van der Waals surface area contributed by atoms with Crippen molar-refractivity contribution in [3.05, 3.63) is 12.2 Å². The summed E-state index contributed by atoms with van der Waals surface area (Å²) in [6, 6.07) is -0.558. The Morgan fingerprint density at radius 2 is 0.746 bits per heavy atom. The summed E-state index contributed by atoms with van der Waals surface area (Å²) in [6.07, 6.45) is 61.9. The van der Waals surface area contributed by atoms with Gasteiger partial charge in [0, 0.05) is 12.8 Å². The highest BCUT2D eigenvalue weighted by Gasteiger charge is 2.20. The zero-order valence-corrected chi connectivity index (χ0v) is 42.6. The molecule has 2 unspecified atom stereocenters. The first kappa shape index (κ1) is 61.6. The van der Waals surface area contributed by atoms with Crippen molar-refractivity contribution in [2.75, 3.05) is 13.2 Å². The number of hydrogen-bond donors (Lipinski definition) is 3. The Kier molecular flexibility index (Phi) is 52.0. The summed E-state index contributed by atoms with van der Waals surface area (Å²) in [6.45, 7) is 4.92. The number of carbonyl (C=O) groups excluding carboxylic acids is 2. The van der Waals surface area contributed by atoms with Crippen molar-refractivity contribution in [3.63, 3.8) is 0 Å². The topological polar surface area (TPSA) is 95.9 Å². The summed E-state index contributed by atoms with van der Waals surface area (Å²) in [5.74, 6) is -0.0734. The molecule has 6 nitrogen and oxygen atoms in total. The van der Waals surface area contributed by atoms with Crippen LogP contribution in [0.25, 0.3) is 0 Å². The number of unbranched alkanes of at least 4 members (excludes halogenated alkanes) is 40. The molecule has 0 aromatic heterocycles. The molecule has 1 amide bonds. The van der Waals surface area contributed by atoms with Gasteiger partial charge >= 0.3 is 5.97 Å². The molecule has 0 saturated carbocycles. The number of nitrogens with one attached hydrogen (secondary N) is 1. The quantitative estimate of drug-likeness (QED) is 0.0321. The molecule has 0 bridgehead atoms. The summed E-state index contributed by atoms with van der Waals surface area (Å²) in [5, 5.41) is 23.3. The van der Waals surface area contributed by atoms with Gasteiger partial charge in [-0.1, -0.05) is 264 Å². The molecule has 0 radical (unpaired) electrons. The first-order chi connectivity index (χ1) is 31.0. The lowest BCUT2D eigenvalue weighted by molar-refractivity contribution is -0.143. The highest BCUT2D eigenvalue weighted by molar-refractivity contribution is 5.76. The van der Waals surface area contributed by atoms with Gasteiger partial charge in [-0.05, 0) is 51.4 Å². The van der Waals surface area contributed by atoms with E-state index in [0.717, 1.165) is 57.8 Å². The average molecular weight is 891 g/mol. The third kappa shape index (κ3) is 49.9. The average Bonchev–Trinajstić information content (AvgIpc) is 3.28. The van der Waals surface area contributed by atoms with Crippen LogP contribution in [0.3, 0.4) is 0 Å². The van der Waals surface area contributed by atoms with E-state index in [2.05, 4.69) is 31.3 Å². The fraction of sp³-hybridized carbons (Fsp3) is 0.930. The van der Waals surface area contributed by atoms with Gasteiger partial charge in [-0.25, -0.2) is 0 Å². The van der Waals surface area contributed by atoms with Crippen LogP contribution in [0.15, 0.2) is 12.2 Å². The van der Waals surface area contributed by atoms with Crippen molar-refractivity contribution in [1.82, 2.24) is 5.32 Å². The fourth-order valence-electron chi connectivity index (χ4n) is 8.93. The second-order valence-corrected chi connectivity index (χ2v) is 19.6. The largest absolute Gasteiger partial charge is 0.466 e. The number of hydrogen-bond acceptors (Lipinski definition) is 5. The third-order valence-corrected chi connectivity index (χ3v) is 13.3. The molecule has 0 aliphatic rings. The lowest BCUT2D eigenvalue weighted by atomic mass is 10.0. The predicted octanol–water partition coefficient (Wildman–Crippen LogP) is 17.3. The van der Waals surface area contributed by atoms with E-state index in [1.54, 1.807) is 0 Å². The van der Waals surface area contributed by atoms with E-state index >= 15 is 0 Å². The van der Waals surface area contributed by atoms with Gasteiger partial charge in [0.05, 0.1) is 25.4 Å². The van der Waals surface area contributed by atoms with E-state index in [1.165, 1.54) is 225 Å². The molecule has 2 atom stereocenters. The van der Waals surface area contributed by atoms with Crippen molar-refractivity contribution in [2.45, 2.75) is 328 Å². The number of allylic oxidation sites excluding steroid dienone is 2. The number of amides is 1. The highest BCUT2D eigenvalue weighted by Crippen LogP contribution is 2.17. The fourth-order valence-corrected chi connectivity index (χ4v) is 8.93. The van der Waals surface area contributed by atoms with Crippen LogP contribution in [0.1, 0.15) is 316 Å². The van der Waals surface area contributed by atoms with Gasteiger partial charge in [-0.3, -0.25) is 9.59 Å². The summed E-state index contributed by atoms with van der Waals surface area (Å²) in [5.41, 5.74) is 0. The zero-order valence-electron chi connectivity index (χ0n) is 42.6. The van der Waals surface area contributed by atoms with Gasteiger partial charge in [-0.15, -0.1) is 0 Å². The maximum Gasteiger partial charge on any atom is 0.305 e. The molecular formula is C57H111NO5. The van der Waals surface area contributed by atoms with Crippen LogP contribution in [0.4, 0.5) is 0 Å². The summed E-state index contributed by atoms with van der Waals surface area (Å²) in [4.78, 5) is 24.6. The molecule has 0 aliphatic carbocycles. The second-order valence-electron chi connectivity index (χ2n) is 19.6. The Balaban J connectivity index is 3.45. The molecular weight excluding hydrogens is 779 g/mol. The standard InChI is InChI=1S/C57H111NO5/c1-3-5-7-9-11-13-15-17-19-21-22-24-26-28-30-35-39-43-47-51-57(62)63-52-48-44-40-36-32-31-34-38-42-46-50-56(61)58-54(53-59)55(60)49-45-41-37-33-29-27-25-23-20-18-16-14-12-10-8-6-4-2/h17,19,54-55,59-60H,3-16,18,20-53H2,1-2H3,(H,58,61)/b19-17-. The van der Waals surface area contributed by atoms with E-state index in [1.807, 2.05) is 0 Å². The van der Waals surface area contributed by atoms with Crippen LogP contribution in [0, 0.1) is 0 Å². The van der Waals surface area contributed by atoms with Crippen molar-refractivity contribution >= 4 is 11.9 Å². The SMILES string of the molecule is CCCCCCCC/C=C\CCCCCCCCCCCC(=O)OCCCCCCCCCCCCC(=O)NC(CO)C(O)CCCCCCCCCCCCCCCCCCC. The zero-order chi connectivity index (χ0) is 45.8. The lowest BCUT2D eigenvalue weighted by Gasteiger charge is -2.22. The first-order valence-corrected chi connectivity index (χ1v) is 28.4. The molecule has 374 valence electrons. The maximum absolute atomic E-state index is 12.5. The van der Waals surface area contributed by atoms with Crippen molar-refractivity contribution in [2.24, 2.45) is 0 Å². The smallest absolute Gasteiger partial charge is 0.305 e. The highest BCUT2D eigenvalue weighted by atomic mass is 16.5. The van der Waals surface area contributed by atoms with Crippen LogP contribution >= 0.6 is 0 Å². The van der Waals surface area contributed by atoms with E-state index < -0.39 is 12.1 Å². The van der Waals surface area contributed by atoms with E-state index in [0.29, 0.717) is 25.9 Å². The molecule has 3 N–H and O–H groups in total. The normalized spacial score (nSPS) is 12.6. The first-order valence-electron chi connectivity index (χ1n) is 28.4. The van der Waals surface area contributed by atoms with E-state index in [-0.39, 0.29) is 18.5 Å². The monoisotopic (exact) mass is 890 g/mol. The number of aliphatic hydroxyl groups excluding tert-OH is 2. The minimum absolute atomic E-state index is 0.0183. The van der Waals surface area contributed by atoms with Gasteiger partial charge in [-0.2, -0.15) is 0 Å². The predicted molar refractivity (Wildman–Crippen MR) is 273 cm³/mol. The lowest BCUT2D eigenvalue weighted by Crippen LogP contribution is -2.45. The molecule has 0 rings (SSSR count). The van der Waals surface area contributed by atoms with Crippen LogP contribution in [0.5, 0.6) is 0 Å². The number of carbonyl (C=O) groups is 2. The summed E-state index contributed by atoms with van der Waals surface area (Å²) in [7, 11) is 0. The van der Waals surface area contributed by atoms with Crippen LogP contribution in [0.2, 0.25) is 0 Å². The van der Waals surface area contributed by atoms with Gasteiger partial charge in [0.25, 0.3) is 0 Å². The second kappa shape index (κ2) is 53.2. The van der Waals surface area contributed by atoms with E-state index in [4.69, 9.17) is 4.74 Å². The molecule has 0 saturated heterocycles. The number of esters is 1. The Bertz CT molecular complexity index is 939. The Labute approximate surface area is 393 Å². The van der Waals surface area contributed by atoms with Gasteiger partial charge in [0.2, 0.25) is 5.91 Å². The molecule has 0 heterocycles. The minimum Gasteiger partial charge on any atom is -0.466 e. The Morgan fingerprint density at radius 1 is 0.429 bits per heavy atom. The molecule has 0 aliphatic heterocycles. The van der Waals surface area contributed by atoms with Crippen molar-refractivity contribution in [3.8, 4) is 0 Å². The van der Waals surface area contributed by atoms with Crippen LogP contribution < -0.4 is 5.32 Å². The molecule has 0 aromatic carbocycles. The third-order valence-electron chi connectivity index (χ3n) is 13.3. The summed E-state index contributed by atoms with van der Waals surface area (Å²) < 4.78 is 5.48. The van der Waals surface area contributed by atoms with Crippen LogP contribution in [-0.4, -0.2) is 47.4 Å². The Hall–Kier alpha value is -1.40. The number of aliphatic hydroxyl groups is 2. The number of rotatable bonds is 53. The van der Waals surface area contributed by atoms with E-state index in [9.17, 15) is 19.8 Å². The Morgan fingerprint density at radius 3 is 1.13 bits per heavy atom.